The zero-order valence-electron chi connectivity index (χ0n) is 11.8. The molecule has 1 fully saturated rings. The number of oxime groups is 1. The standard InChI is InChI=1S/C14H22N4O/c1-4-11-6-5-7-18(11)12-8-9(2)16-10(3)13(12)14(15)17-19/h8,11,19H,4-7H2,1-3H3,(H2,15,17). The van der Waals surface area contributed by atoms with E-state index >= 15 is 0 Å². The number of hydrogen-bond donors (Lipinski definition) is 2. The third-order valence-corrected chi connectivity index (χ3v) is 3.83. The second kappa shape index (κ2) is 5.47. The summed E-state index contributed by atoms with van der Waals surface area (Å²) < 4.78 is 0. The number of pyridine rings is 1. The molecule has 1 saturated heterocycles. The van der Waals surface area contributed by atoms with E-state index in [-0.39, 0.29) is 5.84 Å². The van der Waals surface area contributed by atoms with Crippen LogP contribution >= 0.6 is 0 Å². The Morgan fingerprint density at radius 1 is 1.58 bits per heavy atom. The molecule has 19 heavy (non-hydrogen) atoms. The Kier molecular flexibility index (Phi) is 3.93. The Morgan fingerprint density at radius 2 is 2.32 bits per heavy atom. The number of nitrogens with zero attached hydrogens (tertiary/aromatic N) is 3. The summed E-state index contributed by atoms with van der Waals surface area (Å²) in [6, 6.07) is 2.57. The van der Waals surface area contributed by atoms with Crippen LogP contribution in [0.2, 0.25) is 0 Å². The predicted octanol–water partition coefficient (Wildman–Crippen LogP) is 2.17. The molecule has 1 aromatic rings. The Labute approximate surface area is 114 Å². The van der Waals surface area contributed by atoms with Crippen molar-refractivity contribution in [3.05, 3.63) is 23.0 Å². The number of aryl methyl sites for hydroxylation is 2. The number of nitrogens with two attached hydrogens (primary N) is 1. The van der Waals surface area contributed by atoms with E-state index in [1.807, 2.05) is 19.9 Å². The molecule has 2 heterocycles. The van der Waals surface area contributed by atoms with Gasteiger partial charge in [-0.1, -0.05) is 12.1 Å². The fraction of sp³-hybridized carbons (Fsp3) is 0.571. The molecule has 0 aliphatic carbocycles. The summed E-state index contributed by atoms with van der Waals surface area (Å²) in [5, 5.41) is 12.1. The Hall–Kier alpha value is -1.78. The van der Waals surface area contributed by atoms with Crippen molar-refractivity contribution in [3.63, 3.8) is 0 Å². The molecular weight excluding hydrogens is 240 g/mol. The van der Waals surface area contributed by atoms with Gasteiger partial charge in [0.2, 0.25) is 0 Å². The minimum atomic E-state index is 0.141. The van der Waals surface area contributed by atoms with Gasteiger partial charge in [0.15, 0.2) is 5.84 Å². The number of anilines is 1. The van der Waals surface area contributed by atoms with Crippen LogP contribution in [0.3, 0.4) is 0 Å². The molecule has 5 nitrogen and oxygen atoms in total. The van der Waals surface area contributed by atoms with Crippen LogP contribution in [0.15, 0.2) is 11.2 Å². The van der Waals surface area contributed by atoms with E-state index in [1.165, 1.54) is 12.8 Å². The molecule has 0 saturated carbocycles. The van der Waals surface area contributed by atoms with Crippen molar-refractivity contribution in [1.29, 1.82) is 0 Å². The number of aromatic nitrogens is 1. The van der Waals surface area contributed by atoms with Gasteiger partial charge in [-0.2, -0.15) is 0 Å². The molecule has 1 atom stereocenters. The van der Waals surface area contributed by atoms with Crippen LogP contribution in [0.5, 0.6) is 0 Å². The van der Waals surface area contributed by atoms with Crippen LogP contribution in [0, 0.1) is 13.8 Å². The first-order valence-corrected chi connectivity index (χ1v) is 6.81. The zero-order chi connectivity index (χ0) is 14.0. The van der Waals surface area contributed by atoms with Crippen molar-refractivity contribution in [1.82, 2.24) is 4.98 Å². The molecule has 0 radical (unpaired) electrons. The lowest BCUT2D eigenvalue weighted by molar-refractivity contribution is 0.318. The molecule has 0 amide bonds. The highest BCUT2D eigenvalue weighted by atomic mass is 16.4. The van der Waals surface area contributed by atoms with Crippen molar-refractivity contribution >= 4 is 11.5 Å². The first-order chi connectivity index (χ1) is 9.08. The highest BCUT2D eigenvalue weighted by Crippen LogP contribution is 2.31. The van der Waals surface area contributed by atoms with E-state index in [4.69, 9.17) is 10.9 Å². The van der Waals surface area contributed by atoms with Gasteiger partial charge in [-0.3, -0.25) is 4.98 Å². The quantitative estimate of drug-likeness (QED) is 0.379. The van der Waals surface area contributed by atoms with Gasteiger partial charge in [0.05, 0.1) is 16.9 Å². The van der Waals surface area contributed by atoms with E-state index in [9.17, 15) is 0 Å². The zero-order valence-corrected chi connectivity index (χ0v) is 11.8. The van der Waals surface area contributed by atoms with Gasteiger partial charge < -0.3 is 15.8 Å². The summed E-state index contributed by atoms with van der Waals surface area (Å²) in [5.74, 6) is 0.141. The summed E-state index contributed by atoms with van der Waals surface area (Å²) in [6.07, 6.45) is 3.50. The monoisotopic (exact) mass is 262 g/mol. The molecule has 104 valence electrons. The van der Waals surface area contributed by atoms with E-state index in [0.717, 1.165) is 35.6 Å². The molecule has 1 aliphatic heterocycles. The van der Waals surface area contributed by atoms with Crippen LogP contribution in [-0.2, 0) is 0 Å². The van der Waals surface area contributed by atoms with E-state index in [1.54, 1.807) is 0 Å². The van der Waals surface area contributed by atoms with Gasteiger partial charge in [0.1, 0.15) is 0 Å². The smallest absolute Gasteiger partial charge is 0.174 e. The second-order valence-corrected chi connectivity index (χ2v) is 5.13. The Morgan fingerprint density at radius 3 is 2.95 bits per heavy atom. The highest BCUT2D eigenvalue weighted by Gasteiger charge is 2.27. The fourth-order valence-corrected chi connectivity index (χ4v) is 2.98. The molecule has 1 aromatic heterocycles. The molecule has 0 spiro atoms. The molecular formula is C14H22N4O. The first-order valence-electron chi connectivity index (χ1n) is 6.81. The average molecular weight is 262 g/mol. The second-order valence-electron chi connectivity index (χ2n) is 5.13. The Bertz CT molecular complexity index is 498. The summed E-state index contributed by atoms with van der Waals surface area (Å²) in [6.45, 7) is 7.10. The fourth-order valence-electron chi connectivity index (χ4n) is 2.98. The molecule has 2 rings (SSSR count). The number of hydrogen-bond acceptors (Lipinski definition) is 4. The van der Waals surface area contributed by atoms with Crippen molar-refractivity contribution < 1.29 is 5.21 Å². The van der Waals surface area contributed by atoms with E-state index in [0.29, 0.717) is 6.04 Å². The lowest BCUT2D eigenvalue weighted by Crippen LogP contribution is -2.32. The molecule has 0 bridgehead atoms. The summed E-state index contributed by atoms with van der Waals surface area (Å²) >= 11 is 0. The van der Waals surface area contributed by atoms with Crippen molar-refractivity contribution in [2.45, 2.75) is 46.1 Å². The molecule has 1 aliphatic rings. The largest absolute Gasteiger partial charge is 0.409 e. The van der Waals surface area contributed by atoms with Crippen LogP contribution in [-0.4, -0.2) is 28.6 Å². The van der Waals surface area contributed by atoms with Crippen LogP contribution in [0.4, 0.5) is 5.69 Å². The summed E-state index contributed by atoms with van der Waals surface area (Å²) in [5.41, 5.74) is 9.41. The van der Waals surface area contributed by atoms with Gasteiger partial charge in [0, 0.05) is 18.3 Å². The van der Waals surface area contributed by atoms with Gasteiger partial charge >= 0.3 is 0 Å². The van der Waals surface area contributed by atoms with E-state index in [2.05, 4.69) is 22.0 Å². The lowest BCUT2D eigenvalue weighted by atomic mass is 10.1. The van der Waals surface area contributed by atoms with Crippen LogP contribution in [0.25, 0.3) is 0 Å². The van der Waals surface area contributed by atoms with Crippen LogP contribution in [0.1, 0.15) is 43.1 Å². The third-order valence-electron chi connectivity index (χ3n) is 3.83. The number of rotatable bonds is 3. The highest BCUT2D eigenvalue weighted by molar-refractivity contribution is 6.03. The average Bonchev–Trinajstić information content (AvgIpc) is 2.85. The van der Waals surface area contributed by atoms with E-state index < -0.39 is 0 Å². The molecule has 1 unspecified atom stereocenters. The minimum absolute atomic E-state index is 0.141. The maximum absolute atomic E-state index is 8.99. The SMILES string of the molecule is CCC1CCCN1c1cc(C)nc(C)c1/C(N)=N/O. The third kappa shape index (κ3) is 2.50. The van der Waals surface area contributed by atoms with Crippen molar-refractivity contribution in [2.75, 3.05) is 11.4 Å². The topological polar surface area (TPSA) is 74.7 Å². The van der Waals surface area contributed by atoms with Crippen molar-refractivity contribution in [2.24, 2.45) is 10.9 Å². The minimum Gasteiger partial charge on any atom is -0.409 e. The lowest BCUT2D eigenvalue weighted by Gasteiger charge is -2.28. The van der Waals surface area contributed by atoms with Crippen LogP contribution < -0.4 is 10.6 Å². The maximum Gasteiger partial charge on any atom is 0.174 e. The summed E-state index contributed by atoms with van der Waals surface area (Å²) in [7, 11) is 0. The first kappa shape index (κ1) is 13.6. The molecule has 3 N–H and O–H groups in total. The van der Waals surface area contributed by atoms with Gasteiger partial charge in [-0.25, -0.2) is 0 Å². The molecule has 5 heteroatoms. The van der Waals surface area contributed by atoms with Gasteiger partial charge in [-0.05, 0) is 39.2 Å². The normalized spacial score (nSPS) is 20.1. The number of amidine groups is 1. The molecule has 0 aromatic carbocycles. The Balaban J connectivity index is 2.54. The van der Waals surface area contributed by atoms with Gasteiger partial charge in [-0.15, -0.1) is 0 Å². The summed E-state index contributed by atoms with van der Waals surface area (Å²) in [4.78, 5) is 6.80. The predicted molar refractivity (Wildman–Crippen MR) is 76.9 cm³/mol. The maximum atomic E-state index is 8.99. The van der Waals surface area contributed by atoms with Gasteiger partial charge in [0.25, 0.3) is 0 Å². The van der Waals surface area contributed by atoms with Crippen molar-refractivity contribution in [3.8, 4) is 0 Å².